The van der Waals surface area contributed by atoms with Crippen LogP contribution in [0.3, 0.4) is 0 Å². The molecule has 9 nitrogen and oxygen atoms in total. The Bertz CT molecular complexity index is 1570. The van der Waals surface area contributed by atoms with E-state index in [0.717, 1.165) is 10.6 Å². The predicted molar refractivity (Wildman–Crippen MR) is 147 cm³/mol. The lowest BCUT2D eigenvalue weighted by Gasteiger charge is -2.22. The average Bonchev–Trinajstić information content (AvgIpc) is 2.92. The number of para-hydroxylation sites is 1. The second kappa shape index (κ2) is 11.3. The number of Topliss-reactive ketones (excluding diaryl/α,β-unsaturated/α-hetero) is 1. The minimum atomic E-state index is -3.74. The molecule has 0 aliphatic heterocycles. The van der Waals surface area contributed by atoms with Gasteiger partial charge in [-0.3, -0.25) is 9.78 Å². The van der Waals surface area contributed by atoms with Crippen molar-refractivity contribution in [2.75, 3.05) is 29.7 Å². The third-order valence-electron chi connectivity index (χ3n) is 5.85. The molecule has 0 saturated heterocycles. The number of carbonyl (C=O) groups is 2. The number of fused-ring (bicyclic) bond motifs is 1. The van der Waals surface area contributed by atoms with Crippen LogP contribution >= 0.6 is 0 Å². The van der Waals surface area contributed by atoms with E-state index in [-0.39, 0.29) is 11.3 Å². The maximum atomic E-state index is 13.3. The van der Waals surface area contributed by atoms with Crippen LogP contribution in [0.25, 0.3) is 10.9 Å². The van der Waals surface area contributed by atoms with Crippen molar-refractivity contribution in [2.24, 2.45) is 0 Å². The molecule has 4 aromatic rings. The molecule has 0 bridgehead atoms. The molecule has 0 aliphatic rings. The smallest absolute Gasteiger partial charge is 0.343 e. The fourth-order valence-electron chi connectivity index (χ4n) is 3.83. The molecule has 1 aromatic heterocycles. The van der Waals surface area contributed by atoms with Crippen LogP contribution in [0.2, 0.25) is 0 Å². The zero-order valence-electron chi connectivity index (χ0n) is 21.2. The number of ether oxygens (including phenoxy) is 2. The van der Waals surface area contributed by atoms with Gasteiger partial charge in [0.25, 0.3) is 0 Å². The predicted octanol–water partition coefficient (Wildman–Crippen LogP) is 5.16. The van der Waals surface area contributed by atoms with E-state index >= 15 is 0 Å². The van der Waals surface area contributed by atoms with E-state index in [1.807, 2.05) is 0 Å². The van der Waals surface area contributed by atoms with Crippen molar-refractivity contribution in [2.45, 2.75) is 13.3 Å². The van der Waals surface area contributed by atoms with Gasteiger partial charge in [0.05, 0.1) is 30.3 Å². The Morgan fingerprint density at radius 3 is 2.34 bits per heavy atom. The molecule has 0 aliphatic carbocycles. The van der Waals surface area contributed by atoms with E-state index in [4.69, 9.17) is 9.47 Å². The standard InChI is InChI=1S/C28H27N3O6S/c1-4-26(32)19-10-15-25-23(16-19)27(30-20-11-13-22(36-2)14-12-20)24(17-29-25)28(33)37-18-31(38(3,34)35)21-8-6-5-7-9-21/h5-17H,4,18H2,1-3H3,(H,29,30). The maximum Gasteiger partial charge on any atom is 0.343 e. The zero-order chi connectivity index (χ0) is 27.3. The van der Waals surface area contributed by atoms with Gasteiger partial charge in [-0.2, -0.15) is 0 Å². The third kappa shape index (κ3) is 5.92. The van der Waals surface area contributed by atoms with Crippen LogP contribution in [0.15, 0.2) is 79.0 Å². The molecule has 0 atom stereocenters. The first kappa shape index (κ1) is 26.6. The summed E-state index contributed by atoms with van der Waals surface area (Å²) in [5, 5.41) is 3.78. The van der Waals surface area contributed by atoms with Gasteiger partial charge in [0, 0.05) is 29.3 Å². The highest BCUT2D eigenvalue weighted by atomic mass is 32.2. The Labute approximate surface area is 221 Å². The molecular formula is C28H27N3O6S. The SMILES string of the molecule is CCC(=O)c1ccc2ncc(C(=O)OCN(c3ccccc3)S(C)(=O)=O)c(Nc3ccc(OC)cc3)c2c1. The number of hydrogen-bond donors (Lipinski definition) is 1. The molecule has 0 spiro atoms. The van der Waals surface area contributed by atoms with Gasteiger partial charge in [-0.1, -0.05) is 25.1 Å². The van der Waals surface area contributed by atoms with Gasteiger partial charge in [-0.15, -0.1) is 0 Å². The molecule has 0 saturated carbocycles. The van der Waals surface area contributed by atoms with E-state index in [1.165, 1.54) is 6.20 Å². The van der Waals surface area contributed by atoms with Crippen LogP contribution in [0.1, 0.15) is 34.1 Å². The van der Waals surface area contributed by atoms with Crippen molar-refractivity contribution in [3.63, 3.8) is 0 Å². The second-order valence-electron chi connectivity index (χ2n) is 8.42. The lowest BCUT2D eigenvalue weighted by Crippen LogP contribution is -2.33. The number of sulfonamides is 1. The van der Waals surface area contributed by atoms with Gasteiger partial charge in [-0.25, -0.2) is 17.5 Å². The van der Waals surface area contributed by atoms with Crippen molar-refractivity contribution in [3.8, 4) is 5.75 Å². The highest BCUT2D eigenvalue weighted by Gasteiger charge is 2.23. The highest BCUT2D eigenvalue weighted by molar-refractivity contribution is 7.92. The van der Waals surface area contributed by atoms with Gasteiger partial charge in [0.2, 0.25) is 10.0 Å². The number of anilines is 3. The monoisotopic (exact) mass is 533 g/mol. The van der Waals surface area contributed by atoms with Gasteiger partial charge >= 0.3 is 5.97 Å². The first-order chi connectivity index (χ1) is 18.2. The number of rotatable bonds is 10. The lowest BCUT2D eigenvalue weighted by atomic mass is 10.0. The average molecular weight is 534 g/mol. The molecule has 0 amide bonds. The van der Waals surface area contributed by atoms with Gasteiger partial charge in [-0.05, 0) is 54.6 Å². The Balaban J connectivity index is 1.74. The summed E-state index contributed by atoms with van der Waals surface area (Å²) < 4.78 is 36.5. The molecule has 4 rings (SSSR count). The Hall–Kier alpha value is -4.44. The summed E-state index contributed by atoms with van der Waals surface area (Å²) in [6, 6.07) is 20.5. The zero-order valence-corrected chi connectivity index (χ0v) is 22.0. The molecule has 38 heavy (non-hydrogen) atoms. The van der Waals surface area contributed by atoms with Crippen molar-refractivity contribution in [1.29, 1.82) is 0 Å². The third-order valence-corrected chi connectivity index (χ3v) is 6.96. The van der Waals surface area contributed by atoms with Crippen LogP contribution < -0.4 is 14.4 Å². The molecule has 10 heteroatoms. The van der Waals surface area contributed by atoms with Crippen molar-refractivity contribution in [3.05, 3.63) is 90.1 Å². The van der Waals surface area contributed by atoms with Gasteiger partial charge in [0.15, 0.2) is 12.5 Å². The summed E-state index contributed by atoms with van der Waals surface area (Å²) >= 11 is 0. The van der Waals surface area contributed by atoms with E-state index in [2.05, 4.69) is 10.3 Å². The molecule has 196 valence electrons. The number of methoxy groups -OCH3 is 1. The molecule has 0 radical (unpaired) electrons. The number of benzene rings is 3. The summed E-state index contributed by atoms with van der Waals surface area (Å²) in [5.74, 6) is -0.179. The lowest BCUT2D eigenvalue weighted by molar-refractivity contribution is 0.0521. The molecule has 0 fully saturated rings. The quantitative estimate of drug-likeness (QED) is 0.169. The molecule has 0 unspecified atom stereocenters. The molecule has 3 aromatic carbocycles. The van der Waals surface area contributed by atoms with Crippen molar-refractivity contribution in [1.82, 2.24) is 4.98 Å². The normalized spacial score (nSPS) is 11.1. The minimum Gasteiger partial charge on any atom is -0.497 e. The van der Waals surface area contributed by atoms with Crippen LogP contribution in [0.5, 0.6) is 5.75 Å². The van der Waals surface area contributed by atoms with Crippen LogP contribution in [-0.2, 0) is 14.8 Å². The number of nitrogens with zero attached hydrogens (tertiary/aromatic N) is 2. The summed E-state index contributed by atoms with van der Waals surface area (Å²) in [6.45, 7) is 1.24. The summed E-state index contributed by atoms with van der Waals surface area (Å²) in [6.07, 6.45) is 2.72. The van der Waals surface area contributed by atoms with Crippen molar-refractivity contribution >= 4 is 49.7 Å². The number of carbonyl (C=O) groups excluding carboxylic acids is 2. The van der Waals surface area contributed by atoms with Gasteiger partial charge in [0.1, 0.15) is 11.3 Å². The number of hydrogen-bond acceptors (Lipinski definition) is 8. The number of aromatic nitrogens is 1. The second-order valence-corrected chi connectivity index (χ2v) is 10.3. The van der Waals surface area contributed by atoms with Crippen LogP contribution in [-0.4, -0.2) is 45.3 Å². The topological polar surface area (TPSA) is 115 Å². The fraction of sp³-hybridized carbons (Fsp3) is 0.179. The number of ketones is 1. The number of esters is 1. The van der Waals surface area contributed by atoms with E-state index in [1.54, 1.807) is 86.8 Å². The Morgan fingerprint density at radius 2 is 1.71 bits per heavy atom. The maximum absolute atomic E-state index is 13.3. The summed E-state index contributed by atoms with van der Waals surface area (Å²) in [7, 11) is -2.17. The van der Waals surface area contributed by atoms with Gasteiger partial charge < -0.3 is 14.8 Å². The minimum absolute atomic E-state index is 0.0538. The first-order valence-corrected chi connectivity index (χ1v) is 13.6. The van der Waals surface area contributed by atoms with E-state index < -0.39 is 22.7 Å². The molecule has 1 heterocycles. The van der Waals surface area contributed by atoms with E-state index in [0.29, 0.717) is 45.7 Å². The summed E-state index contributed by atoms with van der Waals surface area (Å²) in [5.41, 5.74) is 2.52. The number of pyridine rings is 1. The first-order valence-electron chi connectivity index (χ1n) is 11.8. The van der Waals surface area contributed by atoms with E-state index in [9.17, 15) is 18.0 Å². The summed E-state index contributed by atoms with van der Waals surface area (Å²) in [4.78, 5) is 30.1. The Kier molecular flexibility index (Phi) is 7.92. The fourth-order valence-corrected chi connectivity index (χ4v) is 4.58. The van der Waals surface area contributed by atoms with Crippen LogP contribution in [0.4, 0.5) is 17.1 Å². The number of nitrogens with one attached hydrogen (secondary N) is 1. The highest BCUT2D eigenvalue weighted by Crippen LogP contribution is 2.31. The van der Waals surface area contributed by atoms with Crippen molar-refractivity contribution < 1.29 is 27.5 Å². The Morgan fingerprint density at radius 1 is 1.00 bits per heavy atom. The largest absolute Gasteiger partial charge is 0.497 e. The van der Waals surface area contributed by atoms with Crippen LogP contribution in [0, 0.1) is 0 Å². The molecular weight excluding hydrogens is 506 g/mol. The molecule has 1 N–H and O–H groups in total.